The molecule has 36 heavy (non-hydrogen) atoms. The summed E-state index contributed by atoms with van der Waals surface area (Å²) in [5, 5.41) is 0.293. The molecular formula is C28H26O8. The van der Waals surface area contributed by atoms with E-state index in [0.29, 0.717) is 28.2 Å². The van der Waals surface area contributed by atoms with Gasteiger partial charge in [0.25, 0.3) is 0 Å². The summed E-state index contributed by atoms with van der Waals surface area (Å²) in [6, 6.07) is 17.3. The first kappa shape index (κ1) is 24.7. The largest absolute Gasteiger partial charge is 0.497 e. The summed E-state index contributed by atoms with van der Waals surface area (Å²) < 4.78 is 32.9. The molecule has 0 amide bonds. The first-order chi connectivity index (χ1) is 17.5. The van der Waals surface area contributed by atoms with Crippen LogP contribution in [0.3, 0.4) is 0 Å². The van der Waals surface area contributed by atoms with Crippen molar-refractivity contribution in [1.29, 1.82) is 0 Å². The molecule has 8 heteroatoms. The third-order valence-corrected chi connectivity index (χ3v) is 5.54. The Kier molecular flexibility index (Phi) is 7.44. The van der Waals surface area contributed by atoms with Crippen molar-refractivity contribution in [1.82, 2.24) is 0 Å². The van der Waals surface area contributed by atoms with Crippen molar-refractivity contribution in [3.8, 4) is 34.1 Å². The summed E-state index contributed by atoms with van der Waals surface area (Å²) in [7, 11) is 4.60. The van der Waals surface area contributed by atoms with Crippen LogP contribution in [0.1, 0.15) is 23.0 Å². The second kappa shape index (κ2) is 10.9. The van der Waals surface area contributed by atoms with E-state index in [-0.39, 0.29) is 35.5 Å². The van der Waals surface area contributed by atoms with Gasteiger partial charge in [-0.1, -0.05) is 18.2 Å². The minimum atomic E-state index is -0.746. The minimum Gasteiger partial charge on any atom is -0.497 e. The molecule has 1 heterocycles. The number of carbonyl (C=O) groups is 1. The van der Waals surface area contributed by atoms with Gasteiger partial charge in [0.15, 0.2) is 11.5 Å². The Labute approximate surface area is 207 Å². The Morgan fingerprint density at radius 3 is 2.39 bits per heavy atom. The van der Waals surface area contributed by atoms with Crippen molar-refractivity contribution < 1.29 is 32.9 Å². The van der Waals surface area contributed by atoms with Gasteiger partial charge in [-0.2, -0.15) is 0 Å². The van der Waals surface area contributed by atoms with Gasteiger partial charge in [-0.05, 0) is 54.4 Å². The third kappa shape index (κ3) is 4.98. The van der Waals surface area contributed by atoms with Crippen molar-refractivity contribution in [2.24, 2.45) is 0 Å². The Morgan fingerprint density at radius 1 is 0.861 bits per heavy atom. The van der Waals surface area contributed by atoms with E-state index in [1.807, 2.05) is 24.3 Å². The number of hydrogen-bond acceptors (Lipinski definition) is 8. The maximum absolute atomic E-state index is 13.6. The van der Waals surface area contributed by atoms with Crippen LogP contribution in [0.4, 0.5) is 0 Å². The van der Waals surface area contributed by atoms with Crippen molar-refractivity contribution >= 4 is 16.9 Å². The molecule has 0 N–H and O–H groups in total. The summed E-state index contributed by atoms with van der Waals surface area (Å²) in [6.07, 6.45) is 0. The lowest BCUT2D eigenvalue weighted by Crippen LogP contribution is -2.15. The van der Waals surface area contributed by atoms with Crippen LogP contribution in [0.25, 0.3) is 22.1 Å². The number of rotatable bonds is 9. The van der Waals surface area contributed by atoms with Gasteiger partial charge in [0.05, 0.1) is 38.9 Å². The van der Waals surface area contributed by atoms with E-state index in [0.717, 1.165) is 11.3 Å². The predicted molar refractivity (Wildman–Crippen MR) is 134 cm³/mol. The van der Waals surface area contributed by atoms with E-state index in [9.17, 15) is 9.59 Å². The van der Waals surface area contributed by atoms with Crippen LogP contribution in [0.2, 0.25) is 0 Å². The standard InChI is InChI=1S/C28H26O8/c1-5-34-28(30)27-25(18-9-12-22(32-3)24(14-18)33-4)26(29)21-11-10-20(15-23(21)36-27)35-16-17-7-6-8-19(13-17)31-2/h6-15H,5,16H2,1-4H3. The Morgan fingerprint density at radius 2 is 1.67 bits per heavy atom. The maximum atomic E-state index is 13.6. The Balaban J connectivity index is 1.78. The molecule has 186 valence electrons. The van der Waals surface area contributed by atoms with Crippen molar-refractivity contribution in [2.75, 3.05) is 27.9 Å². The second-order valence-electron chi connectivity index (χ2n) is 7.72. The van der Waals surface area contributed by atoms with Gasteiger partial charge in [-0.15, -0.1) is 0 Å². The molecule has 0 aliphatic rings. The summed E-state index contributed by atoms with van der Waals surface area (Å²) in [6.45, 7) is 2.08. The fourth-order valence-electron chi connectivity index (χ4n) is 3.79. The lowest BCUT2D eigenvalue weighted by Gasteiger charge is -2.13. The number of carbonyl (C=O) groups excluding carboxylic acids is 1. The number of methoxy groups -OCH3 is 3. The van der Waals surface area contributed by atoms with E-state index in [1.165, 1.54) is 14.2 Å². The summed E-state index contributed by atoms with van der Waals surface area (Å²) in [4.78, 5) is 26.4. The molecule has 1 aromatic heterocycles. The van der Waals surface area contributed by atoms with Crippen molar-refractivity contribution in [3.05, 3.63) is 82.2 Å². The smallest absolute Gasteiger partial charge is 0.375 e. The maximum Gasteiger partial charge on any atom is 0.375 e. The molecular weight excluding hydrogens is 464 g/mol. The molecule has 0 aliphatic carbocycles. The van der Waals surface area contributed by atoms with Gasteiger partial charge < -0.3 is 28.1 Å². The number of esters is 1. The van der Waals surface area contributed by atoms with Crippen LogP contribution in [-0.2, 0) is 11.3 Å². The zero-order chi connectivity index (χ0) is 25.7. The first-order valence-electron chi connectivity index (χ1n) is 11.2. The molecule has 0 bridgehead atoms. The highest BCUT2D eigenvalue weighted by molar-refractivity contribution is 5.98. The topological polar surface area (TPSA) is 93.4 Å². The predicted octanol–water partition coefficient (Wildman–Crippen LogP) is 5.24. The molecule has 4 rings (SSSR count). The average molecular weight is 491 g/mol. The zero-order valence-electron chi connectivity index (χ0n) is 20.5. The van der Waals surface area contributed by atoms with Gasteiger partial charge >= 0.3 is 5.97 Å². The van der Waals surface area contributed by atoms with Crippen molar-refractivity contribution in [2.45, 2.75) is 13.5 Å². The normalized spacial score (nSPS) is 10.7. The molecule has 0 radical (unpaired) electrons. The number of fused-ring (bicyclic) bond motifs is 1. The SMILES string of the molecule is CCOC(=O)c1oc2cc(OCc3cccc(OC)c3)ccc2c(=O)c1-c1ccc(OC)c(OC)c1. The van der Waals surface area contributed by atoms with Gasteiger partial charge in [-0.3, -0.25) is 4.79 Å². The Hall–Kier alpha value is -4.46. The van der Waals surface area contributed by atoms with E-state index >= 15 is 0 Å². The van der Waals surface area contributed by atoms with Crippen LogP contribution in [0.5, 0.6) is 23.0 Å². The first-order valence-corrected chi connectivity index (χ1v) is 11.2. The van der Waals surface area contributed by atoms with E-state index in [4.69, 9.17) is 28.1 Å². The Bertz CT molecular complexity index is 1450. The van der Waals surface area contributed by atoms with Crippen LogP contribution in [-0.4, -0.2) is 33.9 Å². The van der Waals surface area contributed by atoms with Crippen molar-refractivity contribution in [3.63, 3.8) is 0 Å². The fraction of sp³-hybridized carbons (Fsp3) is 0.214. The second-order valence-corrected chi connectivity index (χ2v) is 7.72. The number of hydrogen-bond donors (Lipinski definition) is 0. The number of benzene rings is 3. The summed E-state index contributed by atoms with van der Waals surface area (Å²) >= 11 is 0. The van der Waals surface area contributed by atoms with Gasteiger partial charge in [0.1, 0.15) is 23.7 Å². The molecule has 0 atom stereocenters. The summed E-state index contributed by atoms with van der Waals surface area (Å²) in [5.41, 5.74) is 1.24. The van der Waals surface area contributed by atoms with Crippen LogP contribution >= 0.6 is 0 Å². The average Bonchev–Trinajstić information content (AvgIpc) is 2.91. The monoisotopic (exact) mass is 490 g/mol. The summed E-state index contributed by atoms with van der Waals surface area (Å²) in [5.74, 6) is 1.15. The molecule has 0 saturated heterocycles. The molecule has 0 saturated carbocycles. The third-order valence-electron chi connectivity index (χ3n) is 5.54. The molecule has 0 spiro atoms. The van der Waals surface area contributed by atoms with Crippen LogP contribution in [0, 0.1) is 0 Å². The van der Waals surface area contributed by atoms with Crippen LogP contribution < -0.4 is 24.4 Å². The lowest BCUT2D eigenvalue weighted by molar-refractivity contribution is 0.0492. The van der Waals surface area contributed by atoms with E-state index < -0.39 is 5.97 Å². The zero-order valence-corrected chi connectivity index (χ0v) is 20.5. The van der Waals surface area contributed by atoms with Gasteiger partial charge in [0.2, 0.25) is 11.2 Å². The molecule has 3 aromatic carbocycles. The quantitative estimate of drug-likeness (QED) is 0.294. The highest BCUT2D eigenvalue weighted by Gasteiger charge is 2.24. The fourth-order valence-corrected chi connectivity index (χ4v) is 3.79. The highest BCUT2D eigenvalue weighted by atomic mass is 16.5. The highest BCUT2D eigenvalue weighted by Crippen LogP contribution is 2.34. The van der Waals surface area contributed by atoms with E-state index in [1.54, 1.807) is 50.4 Å². The van der Waals surface area contributed by atoms with Gasteiger partial charge in [0, 0.05) is 6.07 Å². The molecule has 0 aliphatic heterocycles. The lowest BCUT2D eigenvalue weighted by atomic mass is 10.0. The van der Waals surface area contributed by atoms with Crippen LogP contribution in [0.15, 0.2) is 69.9 Å². The molecule has 0 fully saturated rings. The molecule has 4 aromatic rings. The number of ether oxygens (including phenoxy) is 5. The van der Waals surface area contributed by atoms with E-state index in [2.05, 4.69) is 0 Å². The minimum absolute atomic E-state index is 0.0759. The molecule has 8 nitrogen and oxygen atoms in total. The molecule has 0 unspecified atom stereocenters. The van der Waals surface area contributed by atoms with Gasteiger partial charge in [-0.25, -0.2) is 4.79 Å².